The number of thiophene rings is 1. The summed E-state index contributed by atoms with van der Waals surface area (Å²) in [5, 5.41) is 6.42. The van der Waals surface area contributed by atoms with Crippen molar-refractivity contribution in [3.05, 3.63) is 47.2 Å². The summed E-state index contributed by atoms with van der Waals surface area (Å²) in [4.78, 5) is 27.2. The molecule has 160 valence electrons. The van der Waals surface area contributed by atoms with E-state index in [1.165, 1.54) is 0 Å². The minimum absolute atomic E-state index is 0.0881. The van der Waals surface area contributed by atoms with E-state index in [0.717, 1.165) is 30.2 Å². The molecule has 0 fully saturated rings. The summed E-state index contributed by atoms with van der Waals surface area (Å²) in [5.41, 5.74) is 1.96. The zero-order valence-corrected chi connectivity index (χ0v) is 18.7. The van der Waals surface area contributed by atoms with Crippen LogP contribution in [-0.2, 0) is 11.3 Å². The third-order valence-corrected chi connectivity index (χ3v) is 5.87. The number of likely N-dealkylation sites (N-methyl/N-ethyl adjacent to an activating group) is 2. The first kappa shape index (κ1) is 22.1. The second kappa shape index (κ2) is 10.4. The van der Waals surface area contributed by atoms with Crippen LogP contribution in [0.25, 0.3) is 16.5 Å². The molecule has 0 aromatic carbocycles. The fourth-order valence-electron chi connectivity index (χ4n) is 3.15. The van der Waals surface area contributed by atoms with E-state index in [0.29, 0.717) is 23.8 Å². The van der Waals surface area contributed by atoms with E-state index in [2.05, 4.69) is 33.8 Å². The molecule has 0 saturated heterocycles. The normalized spacial score (nSPS) is 11.2. The molecule has 3 heterocycles. The third kappa shape index (κ3) is 4.92. The van der Waals surface area contributed by atoms with Crippen LogP contribution in [0.1, 0.15) is 29.9 Å². The van der Waals surface area contributed by atoms with E-state index in [9.17, 15) is 4.79 Å². The first-order valence-electron chi connectivity index (χ1n) is 9.99. The van der Waals surface area contributed by atoms with Gasteiger partial charge in [-0.3, -0.25) is 4.79 Å². The number of rotatable bonds is 10. The molecule has 0 radical (unpaired) electrons. The van der Waals surface area contributed by atoms with Gasteiger partial charge in [0.25, 0.3) is 11.9 Å². The summed E-state index contributed by atoms with van der Waals surface area (Å²) >= 11 is 1.61. The smallest absolute Gasteiger partial charge is 0.257 e. The lowest BCUT2D eigenvalue weighted by molar-refractivity contribution is 0.0774. The molecule has 30 heavy (non-hydrogen) atoms. The van der Waals surface area contributed by atoms with Gasteiger partial charge in [0.1, 0.15) is 0 Å². The Hall–Kier alpha value is -2.62. The van der Waals surface area contributed by atoms with Crippen molar-refractivity contribution in [1.82, 2.24) is 29.5 Å². The standard InChI is InChI=1S/C21H28N6O2S/c1-5-26(6-2)12-11-25(3)20(28)16-14-23-27(18(16)15-29-4)21-22-10-9-17(24-21)19-8-7-13-30-19/h7-10,13-14H,5-6,11-12,15H2,1-4H3. The first-order chi connectivity index (χ1) is 14.6. The van der Waals surface area contributed by atoms with Crippen LogP contribution in [0.15, 0.2) is 36.0 Å². The Labute approximate surface area is 181 Å². The summed E-state index contributed by atoms with van der Waals surface area (Å²) < 4.78 is 6.95. The highest BCUT2D eigenvalue weighted by atomic mass is 32.1. The van der Waals surface area contributed by atoms with Crippen molar-refractivity contribution in [2.45, 2.75) is 20.5 Å². The molecule has 0 aliphatic heterocycles. The zero-order chi connectivity index (χ0) is 21.5. The van der Waals surface area contributed by atoms with Crippen LogP contribution in [-0.4, -0.2) is 75.8 Å². The first-order valence-corrected chi connectivity index (χ1v) is 10.9. The molecule has 0 unspecified atom stereocenters. The number of aromatic nitrogens is 4. The lowest BCUT2D eigenvalue weighted by Gasteiger charge is -2.23. The number of methoxy groups -OCH3 is 1. The molecule has 0 aliphatic rings. The number of hydrogen-bond acceptors (Lipinski definition) is 7. The van der Waals surface area contributed by atoms with Gasteiger partial charge in [-0.2, -0.15) is 9.78 Å². The van der Waals surface area contributed by atoms with Gasteiger partial charge in [-0.1, -0.05) is 19.9 Å². The highest BCUT2D eigenvalue weighted by molar-refractivity contribution is 7.13. The SMILES string of the molecule is CCN(CC)CCN(C)C(=O)c1cnn(-c2nccc(-c3cccs3)n2)c1COC. The second-order valence-corrected chi connectivity index (χ2v) is 7.77. The fourth-order valence-corrected chi connectivity index (χ4v) is 3.85. The van der Waals surface area contributed by atoms with Crippen LogP contribution in [0.2, 0.25) is 0 Å². The molecule has 0 atom stereocenters. The lowest BCUT2D eigenvalue weighted by atomic mass is 10.2. The maximum Gasteiger partial charge on any atom is 0.257 e. The van der Waals surface area contributed by atoms with E-state index in [1.54, 1.807) is 40.4 Å². The predicted octanol–water partition coefficient (Wildman–Crippen LogP) is 2.95. The molecule has 0 N–H and O–H groups in total. The molecule has 3 aromatic rings. The lowest BCUT2D eigenvalue weighted by Crippen LogP contribution is -2.36. The van der Waals surface area contributed by atoms with Crippen LogP contribution in [0, 0.1) is 0 Å². The molecular weight excluding hydrogens is 400 g/mol. The van der Waals surface area contributed by atoms with Crippen molar-refractivity contribution in [3.63, 3.8) is 0 Å². The molecular formula is C21H28N6O2S. The molecule has 0 saturated carbocycles. The topological polar surface area (TPSA) is 76.4 Å². The number of carbonyl (C=O) groups excluding carboxylic acids is 1. The van der Waals surface area contributed by atoms with Gasteiger partial charge in [0.2, 0.25) is 0 Å². The van der Waals surface area contributed by atoms with Gasteiger partial charge in [0, 0.05) is 33.4 Å². The van der Waals surface area contributed by atoms with Crippen molar-refractivity contribution in [3.8, 4) is 16.5 Å². The van der Waals surface area contributed by atoms with E-state index in [-0.39, 0.29) is 12.5 Å². The van der Waals surface area contributed by atoms with E-state index in [4.69, 9.17) is 4.74 Å². The van der Waals surface area contributed by atoms with Crippen LogP contribution in [0.3, 0.4) is 0 Å². The molecule has 1 amide bonds. The summed E-state index contributed by atoms with van der Waals surface area (Å²) in [6.07, 6.45) is 3.28. The van der Waals surface area contributed by atoms with Crippen molar-refractivity contribution < 1.29 is 9.53 Å². The molecule has 0 bridgehead atoms. The average molecular weight is 429 g/mol. The monoisotopic (exact) mass is 428 g/mol. The quantitative estimate of drug-likeness (QED) is 0.494. The minimum Gasteiger partial charge on any atom is -0.378 e. The fraction of sp³-hybridized carbons (Fsp3) is 0.429. The second-order valence-electron chi connectivity index (χ2n) is 6.82. The summed E-state index contributed by atoms with van der Waals surface area (Å²) in [6.45, 7) is 7.87. The minimum atomic E-state index is -0.0881. The molecule has 8 nitrogen and oxygen atoms in total. The van der Waals surface area contributed by atoms with Crippen LogP contribution >= 0.6 is 11.3 Å². The molecule has 9 heteroatoms. The summed E-state index contributed by atoms with van der Waals surface area (Å²) in [6, 6.07) is 5.86. The number of nitrogens with zero attached hydrogens (tertiary/aromatic N) is 6. The van der Waals surface area contributed by atoms with Gasteiger partial charge in [-0.05, 0) is 30.6 Å². The van der Waals surface area contributed by atoms with Crippen LogP contribution in [0.5, 0.6) is 0 Å². The highest BCUT2D eigenvalue weighted by Gasteiger charge is 2.22. The van der Waals surface area contributed by atoms with Gasteiger partial charge >= 0.3 is 0 Å². The van der Waals surface area contributed by atoms with Gasteiger partial charge < -0.3 is 14.5 Å². The Morgan fingerprint density at radius 3 is 2.70 bits per heavy atom. The van der Waals surface area contributed by atoms with E-state index in [1.807, 2.05) is 30.6 Å². The average Bonchev–Trinajstić information content (AvgIpc) is 3.45. The van der Waals surface area contributed by atoms with Crippen molar-refractivity contribution in [2.24, 2.45) is 0 Å². The van der Waals surface area contributed by atoms with Gasteiger partial charge in [0.05, 0.1) is 34.6 Å². The number of ether oxygens (including phenoxy) is 1. The van der Waals surface area contributed by atoms with Crippen molar-refractivity contribution in [2.75, 3.05) is 40.3 Å². The predicted molar refractivity (Wildman–Crippen MR) is 118 cm³/mol. The Kier molecular flexibility index (Phi) is 7.67. The zero-order valence-electron chi connectivity index (χ0n) is 17.9. The Balaban J connectivity index is 1.87. The Morgan fingerprint density at radius 2 is 2.03 bits per heavy atom. The number of hydrogen-bond donors (Lipinski definition) is 0. The Morgan fingerprint density at radius 1 is 1.23 bits per heavy atom. The summed E-state index contributed by atoms with van der Waals surface area (Å²) in [7, 11) is 3.41. The number of amides is 1. The largest absolute Gasteiger partial charge is 0.378 e. The third-order valence-electron chi connectivity index (χ3n) is 4.98. The Bertz CT molecular complexity index is 952. The van der Waals surface area contributed by atoms with Crippen LogP contribution in [0.4, 0.5) is 0 Å². The van der Waals surface area contributed by atoms with E-state index < -0.39 is 0 Å². The molecule has 3 aromatic heterocycles. The van der Waals surface area contributed by atoms with Gasteiger partial charge in [-0.25, -0.2) is 9.97 Å². The molecule has 3 rings (SSSR count). The summed E-state index contributed by atoms with van der Waals surface area (Å²) in [5.74, 6) is 0.327. The number of carbonyl (C=O) groups is 1. The van der Waals surface area contributed by atoms with Gasteiger partial charge in [-0.15, -0.1) is 11.3 Å². The van der Waals surface area contributed by atoms with Crippen molar-refractivity contribution in [1.29, 1.82) is 0 Å². The maximum absolute atomic E-state index is 13.1. The molecule has 0 spiro atoms. The van der Waals surface area contributed by atoms with Crippen molar-refractivity contribution >= 4 is 17.2 Å². The van der Waals surface area contributed by atoms with E-state index >= 15 is 0 Å². The molecule has 0 aliphatic carbocycles. The van der Waals surface area contributed by atoms with Crippen LogP contribution < -0.4 is 0 Å². The highest BCUT2D eigenvalue weighted by Crippen LogP contribution is 2.23. The van der Waals surface area contributed by atoms with Gasteiger partial charge in [0.15, 0.2) is 0 Å². The maximum atomic E-state index is 13.1.